The molecule has 0 bridgehead atoms. The van der Waals surface area contributed by atoms with Gasteiger partial charge in [0.05, 0.1) is 18.7 Å². The molecule has 128 valence electrons. The summed E-state index contributed by atoms with van der Waals surface area (Å²) in [5, 5.41) is 10.0. The largest absolute Gasteiger partial charge is 0.479 e. The third kappa shape index (κ3) is 3.14. The Bertz CT molecular complexity index is 765. The number of carboxylic acid groups (broad SMARTS) is 1. The van der Waals surface area contributed by atoms with Gasteiger partial charge in [0, 0.05) is 30.2 Å². The molecule has 1 aliphatic rings. The molecule has 1 fully saturated rings. The van der Waals surface area contributed by atoms with Gasteiger partial charge < -0.3 is 19.3 Å². The highest BCUT2D eigenvalue weighted by Crippen LogP contribution is 2.24. The summed E-state index contributed by atoms with van der Waals surface area (Å²) in [5.74, 6) is -0.707. The molecule has 3 rings (SSSR count). The number of ether oxygens (including phenoxy) is 1. The highest BCUT2D eigenvalue weighted by atomic mass is 16.5. The Kier molecular flexibility index (Phi) is 4.57. The van der Waals surface area contributed by atoms with E-state index in [1.165, 1.54) is 0 Å². The molecular formula is C18H22N2O4. The molecule has 1 aromatic heterocycles. The van der Waals surface area contributed by atoms with Crippen molar-refractivity contribution in [1.82, 2.24) is 9.47 Å². The molecule has 0 spiro atoms. The van der Waals surface area contributed by atoms with E-state index in [-0.39, 0.29) is 19.1 Å². The van der Waals surface area contributed by atoms with E-state index in [0.717, 1.165) is 17.4 Å². The van der Waals surface area contributed by atoms with Gasteiger partial charge in [-0.05, 0) is 12.0 Å². The van der Waals surface area contributed by atoms with Crippen molar-refractivity contribution in [1.29, 1.82) is 0 Å². The predicted octanol–water partition coefficient (Wildman–Crippen LogP) is 2.22. The molecule has 1 amide bonds. The van der Waals surface area contributed by atoms with Gasteiger partial charge in [-0.25, -0.2) is 4.79 Å². The number of fused-ring (bicyclic) bond motifs is 1. The molecule has 0 unspecified atom stereocenters. The summed E-state index contributed by atoms with van der Waals surface area (Å²) in [6, 6.07) is 7.82. The normalized spacial score (nSPS) is 18.3. The smallest absolute Gasteiger partial charge is 0.334 e. The van der Waals surface area contributed by atoms with Crippen LogP contribution >= 0.6 is 0 Å². The number of carbonyl (C=O) groups excluding carboxylic acids is 1. The lowest BCUT2D eigenvalue weighted by Gasteiger charge is -2.30. The molecule has 1 atom stereocenters. The van der Waals surface area contributed by atoms with Gasteiger partial charge in [-0.1, -0.05) is 32.0 Å². The first-order valence-corrected chi connectivity index (χ1v) is 8.19. The Morgan fingerprint density at radius 2 is 2.08 bits per heavy atom. The van der Waals surface area contributed by atoms with Gasteiger partial charge in [0.2, 0.25) is 0 Å². The zero-order valence-electron chi connectivity index (χ0n) is 13.9. The number of hydrogen-bond acceptors (Lipinski definition) is 3. The molecule has 1 N–H and O–H groups in total. The fraction of sp³-hybridized carbons (Fsp3) is 0.444. The Labute approximate surface area is 140 Å². The highest BCUT2D eigenvalue weighted by Gasteiger charge is 2.30. The maximum atomic E-state index is 12.9. The molecule has 1 aliphatic heterocycles. The first kappa shape index (κ1) is 16.5. The second-order valence-electron chi connectivity index (χ2n) is 6.55. The molecule has 1 saturated heterocycles. The van der Waals surface area contributed by atoms with Gasteiger partial charge in [-0.15, -0.1) is 0 Å². The number of carboxylic acids is 1. The summed E-state index contributed by atoms with van der Waals surface area (Å²) in [6.07, 6.45) is 0.935. The van der Waals surface area contributed by atoms with Gasteiger partial charge in [0.25, 0.3) is 5.91 Å². The van der Waals surface area contributed by atoms with Gasteiger partial charge >= 0.3 is 5.97 Å². The Morgan fingerprint density at radius 3 is 2.79 bits per heavy atom. The molecule has 2 aromatic rings. The molecular weight excluding hydrogens is 308 g/mol. The average molecular weight is 330 g/mol. The lowest BCUT2D eigenvalue weighted by Crippen LogP contribution is -2.48. The fourth-order valence-electron chi connectivity index (χ4n) is 3.12. The number of aromatic nitrogens is 1. The summed E-state index contributed by atoms with van der Waals surface area (Å²) < 4.78 is 7.30. The average Bonchev–Trinajstić information content (AvgIpc) is 2.92. The topological polar surface area (TPSA) is 71.8 Å². The summed E-state index contributed by atoms with van der Waals surface area (Å²) in [5.41, 5.74) is 1.65. The number of benzene rings is 1. The van der Waals surface area contributed by atoms with E-state index in [1.807, 2.05) is 30.5 Å². The van der Waals surface area contributed by atoms with Crippen molar-refractivity contribution in [2.24, 2.45) is 5.92 Å². The molecule has 24 heavy (non-hydrogen) atoms. The summed E-state index contributed by atoms with van der Waals surface area (Å²) in [4.78, 5) is 25.6. The van der Waals surface area contributed by atoms with Crippen molar-refractivity contribution in [2.45, 2.75) is 26.5 Å². The summed E-state index contributed by atoms with van der Waals surface area (Å²) >= 11 is 0. The molecule has 6 nitrogen and oxygen atoms in total. The van der Waals surface area contributed by atoms with Crippen LogP contribution in [0, 0.1) is 5.92 Å². The maximum absolute atomic E-state index is 12.9. The van der Waals surface area contributed by atoms with Crippen molar-refractivity contribution in [3.05, 3.63) is 36.0 Å². The van der Waals surface area contributed by atoms with E-state index in [0.29, 0.717) is 18.0 Å². The van der Waals surface area contributed by atoms with Crippen LogP contribution in [-0.4, -0.2) is 52.3 Å². The predicted molar refractivity (Wildman–Crippen MR) is 90.1 cm³/mol. The fourth-order valence-corrected chi connectivity index (χ4v) is 3.12. The first-order chi connectivity index (χ1) is 11.5. The van der Waals surface area contributed by atoms with Crippen LogP contribution in [0.2, 0.25) is 0 Å². The van der Waals surface area contributed by atoms with Crippen LogP contribution in [0.5, 0.6) is 0 Å². The summed E-state index contributed by atoms with van der Waals surface area (Å²) in [7, 11) is 0. The number of rotatable bonds is 4. The van der Waals surface area contributed by atoms with E-state index in [2.05, 4.69) is 18.4 Å². The van der Waals surface area contributed by atoms with Crippen LogP contribution in [-0.2, 0) is 16.1 Å². The Balaban J connectivity index is 1.93. The zero-order chi connectivity index (χ0) is 17.3. The number of aliphatic carboxylic acids is 1. The van der Waals surface area contributed by atoms with E-state index < -0.39 is 12.1 Å². The molecule has 0 saturated carbocycles. The van der Waals surface area contributed by atoms with E-state index in [4.69, 9.17) is 9.84 Å². The van der Waals surface area contributed by atoms with Crippen molar-refractivity contribution in [2.75, 3.05) is 19.7 Å². The minimum Gasteiger partial charge on any atom is -0.479 e. The quantitative estimate of drug-likeness (QED) is 0.933. The Hall–Kier alpha value is -2.34. The number of para-hydroxylation sites is 1. The number of nitrogens with zero attached hydrogens (tertiary/aromatic N) is 2. The number of morpholine rings is 1. The minimum absolute atomic E-state index is 0.0812. The molecule has 0 radical (unpaired) electrons. The van der Waals surface area contributed by atoms with Crippen LogP contribution in [0.15, 0.2) is 30.5 Å². The SMILES string of the molecule is CC(C)Cn1cc(C(=O)N2CCO[C@@H](C(=O)O)C2)c2ccccc21. The van der Waals surface area contributed by atoms with Crippen molar-refractivity contribution < 1.29 is 19.4 Å². The number of amides is 1. The van der Waals surface area contributed by atoms with E-state index >= 15 is 0 Å². The van der Waals surface area contributed by atoms with Crippen LogP contribution in [0.1, 0.15) is 24.2 Å². The minimum atomic E-state index is -1.03. The second kappa shape index (κ2) is 6.65. The third-order valence-corrected chi connectivity index (χ3v) is 4.21. The maximum Gasteiger partial charge on any atom is 0.334 e. The van der Waals surface area contributed by atoms with Gasteiger partial charge in [-0.3, -0.25) is 4.79 Å². The third-order valence-electron chi connectivity index (χ3n) is 4.21. The van der Waals surface area contributed by atoms with E-state index in [9.17, 15) is 9.59 Å². The standard InChI is InChI=1S/C18H22N2O4/c1-12(2)9-20-10-14(13-5-3-4-6-15(13)20)17(21)19-7-8-24-16(11-19)18(22)23/h3-6,10,12,16H,7-9,11H2,1-2H3,(H,22,23)/t16-/m1/s1. The van der Waals surface area contributed by atoms with Crippen molar-refractivity contribution in [3.63, 3.8) is 0 Å². The van der Waals surface area contributed by atoms with Gasteiger partial charge in [0.1, 0.15) is 0 Å². The van der Waals surface area contributed by atoms with Crippen LogP contribution in [0.25, 0.3) is 10.9 Å². The molecule has 0 aliphatic carbocycles. The van der Waals surface area contributed by atoms with Gasteiger partial charge in [-0.2, -0.15) is 0 Å². The number of carbonyl (C=O) groups is 2. The molecule has 1 aromatic carbocycles. The number of hydrogen-bond donors (Lipinski definition) is 1. The lowest BCUT2D eigenvalue weighted by atomic mass is 10.1. The van der Waals surface area contributed by atoms with Crippen molar-refractivity contribution >= 4 is 22.8 Å². The highest BCUT2D eigenvalue weighted by molar-refractivity contribution is 6.07. The Morgan fingerprint density at radius 1 is 1.33 bits per heavy atom. The van der Waals surface area contributed by atoms with Crippen LogP contribution < -0.4 is 0 Å². The van der Waals surface area contributed by atoms with E-state index in [1.54, 1.807) is 4.90 Å². The van der Waals surface area contributed by atoms with Crippen LogP contribution in [0.3, 0.4) is 0 Å². The summed E-state index contributed by atoms with van der Waals surface area (Å²) in [6.45, 7) is 5.83. The zero-order valence-corrected chi connectivity index (χ0v) is 13.9. The monoisotopic (exact) mass is 330 g/mol. The van der Waals surface area contributed by atoms with Gasteiger partial charge in [0.15, 0.2) is 6.10 Å². The lowest BCUT2D eigenvalue weighted by molar-refractivity contribution is -0.154. The first-order valence-electron chi connectivity index (χ1n) is 8.19. The second-order valence-corrected chi connectivity index (χ2v) is 6.55. The molecule has 6 heteroatoms. The van der Waals surface area contributed by atoms with Crippen molar-refractivity contribution in [3.8, 4) is 0 Å². The van der Waals surface area contributed by atoms with Crippen LogP contribution in [0.4, 0.5) is 0 Å². The molecule has 2 heterocycles.